The van der Waals surface area contributed by atoms with E-state index in [1.54, 1.807) is 24.4 Å². The fourth-order valence-electron chi connectivity index (χ4n) is 2.56. The van der Waals surface area contributed by atoms with Crippen LogP contribution >= 0.6 is 0 Å². The third-order valence-electron chi connectivity index (χ3n) is 3.50. The second kappa shape index (κ2) is 5.54. The second-order valence-corrected chi connectivity index (χ2v) is 6.92. The Labute approximate surface area is 133 Å². The van der Waals surface area contributed by atoms with E-state index in [0.717, 1.165) is 17.4 Å². The van der Waals surface area contributed by atoms with Crippen molar-refractivity contribution in [1.29, 1.82) is 0 Å². The molecule has 0 bridgehead atoms. The summed E-state index contributed by atoms with van der Waals surface area (Å²) in [6.07, 6.45) is 2.65. The van der Waals surface area contributed by atoms with Crippen molar-refractivity contribution in [3.8, 4) is 17.0 Å². The van der Waals surface area contributed by atoms with Gasteiger partial charge in [-0.2, -0.15) is 0 Å². The Morgan fingerprint density at radius 3 is 2.74 bits per heavy atom. The molecule has 8 heteroatoms. The molecule has 1 aliphatic heterocycles. The van der Waals surface area contributed by atoms with Gasteiger partial charge in [-0.15, -0.1) is 0 Å². The van der Waals surface area contributed by atoms with Crippen molar-refractivity contribution in [3.63, 3.8) is 0 Å². The Morgan fingerprint density at radius 1 is 1.30 bits per heavy atom. The number of amides is 1. The molecule has 120 valence electrons. The maximum absolute atomic E-state index is 11.8. The number of methoxy groups -OCH3 is 1. The van der Waals surface area contributed by atoms with Crippen LogP contribution in [0.1, 0.15) is 15.9 Å². The summed E-state index contributed by atoms with van der Waals surface area (Å²) in [7, 11) is -2.05. The summed E-state index contributed by atoms with van der Waals surface area (Å²) in [5.74, 6) is 0.0683. The van der Waals surface area contributed by atoms with Crippen LogP contribution in [0, 0.1) is 0 Å². The van der Waals surface area contributed by atoms with Crippen LogP contribution in [0.5, 0.6) is 5.88 Å². The highest BCUT2D eigenvalue weighted by atomic mass is 32.2. The van der Waals surface area contributed by atoms with Crippen LogP contribution in [-0.2, 0) is 16.6 Å². The lowest BCUT2D eigenvalue weighted by Crippen LogP contribution is -2.12. The average molecular weight is 333 g/mol. The van der Waals surface area contributed by atoms with Crippen molar-refractivity contribution < 1.29 is 17.9 Å². The summed E-state index contributed by atoms with van der Waals surface area (Å²) in [5, 5.41) is 2.77. The third-order valence-corrected chi connectivity index (χ3v) is 4.09. The first kappa shape index (κ1) is 15.3. The standard InChI is InChI=1S/C15H15N3O4S/c1-22-15-13(18-23(2,20)21)6-9(7-17-15)10-4-3-5-11-12(10)8-16-14(11)19/h3-7,18H,8H2,1-2H3,(H,16,19). The van der Waals surface area contributed by atoms with Gasteiger partial charge in [0.2, 0.25) is 15.9 Å². The fourth-order valence-corrected chi connectivity index (χ4v) is 3.11. The van der Waals surface area contributed by atoms with E-state index < -0.39 is 10.0 Å². The normalized spacial score (nSPS) is 13.4. The summed E-state index contributed by atoms with van der Waals surface area (Å²) in [5.41, 5.74) is 3.27. The molecule has 0 atom stereocenters. The van der Waals surface area contributed by atoms with Gasteiger partial charge in [0.15, 0.2) is 0 Å². The molecule has 1 aliphatic rings. The summed E-state index contributed by atoms with van der Waals surface area (Å²) >= 11 is 0. The topological polar surface area (TPSA) is 97.4 Å². The van der Waals surface area contributed by atoms with Crippen molar-refractivity contribution >= 4 is 21.6 Å². The van der Waals surface area contributed by atoms with Crippen LogP contribution < -0.4 is 14.8 Å². The van der Waals surface area contributed by atoms with Crippen LogP contribution in [0.25, 0.3) is 11.1 Å². The lowest BCUT2D eigenvalue weighted by Gasteiger charge is -2.12. The van der Waals surface area contributed by atoms with E-state index in [1.807, 2.05) is 6.07 Å². The van der Waals surface area contributed by atoms with E-state index in [9.17, 15) is 13.2 Å². The van der Waals surface area contributed by atoms with E-state index in [2.05, 4.69) is 15.0 Å². The minimum absolute atomic E-state index is 0.113. The SMILES string of the molecule is COc1ncc(-c2cccc3c2CNC3=O)cc1NS(C)(=O)=O. The number of rotatable bonds is 4. The van der Waals surface area contributed by atoms with Gasteiger partial charge in [-0.1, -0.05) is 12.1 Å². The maximum Gasteiger partial charge on any atom is 0.251 e. The maximum atomic E-state index is 11.8. The predicted molar refractivity (Wildman–Crippen MR) is 85.9 cm³/mol. The van der Waals surface area contributed by atoms with Crippen LogP contribution in [0.4, 0.5) is 5.69 Å². The number of pyridine rings is 1. The van der Waals surface area contributed by atoms with Crippen molar-refractivity contribution in [2.24, 2.45) is 0 Å². The number of fused-ring (bicyclic) bond motifs is 1. The number of nitrogens with zero attached hydrogens (tertiary/aromatic N) is 1. The number of carbonyl (C=O) groups is 1. The van der Waals surface area contributed by atoms with Gasteiger partial charge in [0, 0.05) is 23.9 Å². The van der Waals surface area contributed by atoms with Crippen LogP contribution in [0.15, 0.2) is 30.5 Å². The molecule has 0 spiro atoms. The molecule has 0 saturated heterocycles. The zero-order chi connectivity index (χ0) is 16.6. The number of ether oxygens (including phenoxy) is 1. The highest BCUT2D eigenvalue weighted by Crippen LogP contribution is 2.33. The first-order chi connectivity index (χ1) is 10.9. The zero-order valence-electron chi connectivity index (χ0n) is 12.6. The first-order valence-corrected chi connectivity index (χ1v) is 8.70. The van der Waals surface area contributed by atoms with Crippen molar-refractivity contribution in [3.05, 3.63) is 41.6 Å². The smallest absolute Gasteiger partial charge is 0.251 e. The fraction of sp³-hybridized carbons (Fsp3) is 0.200. The molecule has 0 fully saturated rings. The quantitative estimate of drug-likeness (QED) is 0.881. The predicted octanol–water partition coefficient (Wildman–Crippen LogP) is 1.37. The molecular weight excluding hydrogens is 318 g/mol. The number of anilines is 1. The molecule has 2 N–H and O–H groups in total. The second-order valence-electron chi connectivity index (χ2n) is 5.17. The number of carbonyl (C=O) groups excluding carboxylic acids is 1. The van der Waals surface area contributed by atoms with Gasteiger partial charge in [0.05, 0.1) is 13.4 Å². The number of sulfonamides is 1. The van der Waals surface area contributed by atoms with Gasteiger partial charge < -0.3 is 10.1 Å². The zero-order valence-corrected chi connectivity index (χ0v) is 13.4. The molecule has 23 heavy (non-hydrogen) atoms. The summed E-state index contributed by atoms with van der Waals surface area (Å²) in [6.45, 7) is 0.436. The lowest BCUT2D eigenvalue weighted by atomic mass is 9.98. The Kier molecular flexibility index (Phi) is 3.69. The number of nitrogens with one attached hydrogen (secondary N) is 2. The van der Waals surface area contributed by atoms with Gasteiger partial charge >= 0.3 is 0 Å². The molecule has 2 aromatic rings. The van der Waals surface area contributed by atoms with E-state index in [4.69, 9.17) is 4.74 Å². The number of hydrogen-bond acceptors (Lipinski definition) is 5. The van der Waals surface area contributed by atoms with Crippen LogP contribution in [-0.4, -0.2) is 32.7 Å². The van der Waals surface area contributed by atoms with Gasteiger partial charge in [-0.05, 0) is 23.3 Å². The summed E-state index contributed by atoms with van der Waals surface area (Å²) in [4.78, 5) is 15.9. The van der Waals surface area contributed by atoms with Gasteiger partial charge in [-0.25, -0.2) is 13.4 Å². The molecule has 2 heterocycles. The van der Waals surface area contributed by atoms with E-state index in [-0.39, 0.29) is 17.5 Å². The first-order valence-electron chi connectivity index (χ1n) is 6.81. The van der Waals surface area contributed by atoms with Gasteiger partial charge in [-0.3, -0.25) is 9.52 Å². The van der Waals surface area contributed by atoms with E-state index in [1.165, 1.54) is 7.11 Å². The van der Waals surface area contributed by atoms with Crippen molar-refractivity contribution in [1.82, 2.24) is 10.3 Å². The van der Waals surface area contributed by atoms with Crippen molar-refractivity contribution in [2.75, 3.05) is 18.1 Å². The highest BCUT2D eigenvalue weighted by Gasteiger charge is 2.22. The molecule has 1 aromatic heterocycles. The van der Waals surface area contributed by atoms with Gasteiger partial charge in [0.25, 0.3) is 5.91 Å². The average Bonchev–Trinajstić information content (AvgIpc) is 2.87. The molecule has 0 unspecified atom stereocenters. The minimum atomic E-state index is -3.47. The molecule has 0 saturated carbocycles. The number of aromatic nitrogens is 1. The van der Waals surface area contributed by atoms with Crippen molar-refractivity contribution in [2.45, 2.75) is 6.54 Å². The number of benzene rings is 1. The molecular formula is C15H15N3O4S. The Bertz CT molecular complexity index is 894. The summed E-state index contributed by atoms with van der Waals surface area (Å²) in [6, 6.07) is 7.05. The van der Waals surface area contributed by atoms with E-state index in [0.29, 0.717) is 17.7 Å². The van der Waals surface area contributed by atoms with Crippen LogP contribution in [0.3, 0.4) is 0 Å². The Morgan fingerprint density at radius 2 is 2.04 bits per heavy atom. The third kappa shape index (κ3) is 2.98. The lowest BCUT2D eigenvalue weighted by molar-refractivity contribution is 0.0965. The summed E-state index contributed by atoms with van der Waals surface area (Å²) < 4.78 is 30.5. The molecule has 3 rings (SSSR count). The van der Waals surface area contributed by atoms with E-state index >= 15 is 0 Å². The highest BCUT2D eigenvalue weighted by molar-refractivity contribution is 7.92. The minimum Gasteiger partial charge on any atom is -0.480 e. The molecule has 7 nitrogen and oxygen atoms in total. The molecule has 0 aliphatic carbocycles. The van der Waals surface area contributed by atoms with Crippen LogP contribution in [0.2, 0.25) is 0 Å². The van der Waals surface area contributed by atoms with Gasteiger partial charge in [0.1, 0.15) is 5.69 Å². The Hall–Kier alpha value is -2.61. The largest absolute Gasteiger partial charge is 0.480 e. The molecule has 1 amide bonds. The molecule has 0 radical (unpaired) electrons. The molecule has 1 aromatic carbocycles. The Balaban J connectivity index is 2.12. The number of hydrogen-bond donors (Lipinski definition) is 2. The monoisotopic (exact) mass is 333 g/mol.